The lowest BCUT2D eigenvalue weighted by atomic mass is 10.2. The van der Waals surface area contributed by atoms with Crippen LogP contribution in [0.1, 0.15) is 32.6 Å². The summed E-state index contributed by atoms with van der Waals surface area (Å²) in [7, 11) is 0. The lowest BCUT2D eigenvalue weighted by Crippen LogP contribution is -2.37. The van der Waals surface area contributed by atoms with Crippen LogP contribution in [0.3, 0.4) is 0 Å². The standard InChI is InChI=1S/C11H22BrNO/c1-2-14-10-9-13(8-7-12)11-5-3-4-6-11/h11H,2-10H2,1H3. The fourth-order valence-electron chi connectivity index (χ4n) is 2.18. The second kappa shape index (κ2) is 7.66. The molecule has 2 nitrogen and oxygen atoms in total. The molecule has 14 heavy (non-hydrogen) atoms. The molecule has 0 atom stereocenters. The van der Waals surface area contributed by atoms with Gasteiger partial charge in [0, 0.05) is 31.1 Å². The molecule has 0 spiro atoms. The Labute approximate surface area is 96.1 Å². The zero-order chi connectivity index (χ0) is 10.2. The van der Waals surface area contributed by atoms with E-state index < -0.39 is 0 Å². The highest BCUT2D eigenvalue weighted by Crippen LogP contribution is 2.23. The predicted molar refractivity (Wildman–Crippen MR) is 64.1 cm³/mol. The van der Waals surface area contributed by atoms with Crippen molar-refractivity contribution in [3.63, 3.8) is 0 Å². The summed E-state index contributed by atoms with van der Waals surface area (Å²) in [6.45, 7) is 6.05. The molecule has 0 unspecified atom stereocenters. The summed E-state index contributed by atoms with van der Waals surface area (Å²) in [5.74, 6) is 0. The summed E-state index contributed by atoms with van der Waals surface area (Å²) in [5.41, 5.74) is 0. The van der Waals surface area contributed by atoms with Crippen LogP contribution in [-0.4, -0.2) is 42.6 Å². The number of rotatable bonds is 7. The van der Waals surface area contributed by atoms with Gasteiger partial charge in [-0.3, -0.25) is 4.90 Å². The van der Waals surface area contributed by atoms with Gasteiger partial charge in [-0.1, -0.05) is 28.8 Å². The number of nitrogens with zero attached hydrogens (tertiary/aromatic N) is 1. The van der Waals surface area contributed by atoms with Gasteiger partial charge >= 0.3 is 0 Å². The molecule has 0 radical (unpaired) electrons. The summed E-state index contributed by atoms with van der Waals surface area (Å²) in [6.07, 6.45) is 5.61. The monoisotopic (exact) mass is 263 g/mol. The molecule has 1 aliphatic carbocycles. The average Bonchev–Trinajstić information content (AvgIpc) is 2.70. The maximum atomic E-state index is 5.41. The third kappa shape index (κ3) is 4.28. The van der Waals surface area contributed by atoms with Crippen molar-refractivity contribution in [2.75, 3.05) is 31.6 Å². The van der Waals surface area contributed by atoms with E-state index in [0.717, 1.165) is 37.7 Å². The van der Waals surface area contributed by atoms with Gasteiger partial charge in [-0.2, -0.15) is 0 Å². The smallest absolute Gasteiger partial charge is 0.0593 e. The van der Waals surface area contributed by atoms with Crippen molar-refractivity contribution in [2.24, 2.45) is 0 Å². The summed E-state index contributed by atoms with van der Waals surface area (Å²) >= 11 is 3.52. The predicted octanol–water partition coefficient (Wildman–Crippen LogP) is 2.66. The molecule has 0 aromatic heterocycles. The van der Waals surface area contributed by atoms with Gasteiger partial charge in [0.1, 0.15) is 0 Å². The number of alkyl halides is 1. The number of halogens is 1. The first-order valence-corrected chi connectivity index (χ1v) is 6.88. The molecule has 3 heteroatoms. The molecule has 0 aliphatic heterocycles. The highest BCUT2D eigenvalue weighted by molar-refractivity contribution is 9.09. The molecular weight excluding hydrogens is 242 g/mol. The van der Waals surface area contributed by atoms with Gasteiger partial charge in [0.25, 0.3) is 0 Å². The first kappa shape index (κ1) is 12.5. The first-order chi connectivity index (χ1) is 6.88. The lowest BCUT2D eigenvalue weighted by molar-refractivity contribution is 0.0984. The highest BCUT2D eigenvalue weighted by atomic mass is 79.9. The van der Waals surface area contributed by atoms with E-state index in [4.69, 9.17) is 4.74 Å². The molecule has 0 saturated heterocycles. The van der Waals surface area contributed by atoms with Gasteiger partial charge in [0.15, 0.2) is 0 Å². The Bertz CT molecular complexity index is 137. The van der Waals surface area contributed by atoms with Crippen LogP contribution >= 0.6 is 15.9 Å². The quantitative estimate of drug-likeness (QED) is 0.518. The highest BCUT2D eigenvalue weighted by Gasteiger charge is 2.21. The van der Waals surface area contributed by atoms with Gasteiger partial charge in [-0.25, -0.2) is 0 Å². The lowest BCUT2D eigenvalue weighted by Gasteiger charge is -2.27. The van der Waals surface area contributed by atoms with Gasteiger partial charge in [0.05, 0.1) is 6.61 Å². The van der Waals surface area contributed by atoms with Crippen LogP contribution in [0.4, 0.5) is 0 Å². The molecule has 0 aromatic carbocycles. The maximum Gasteiger partial charge on any atom is 0.0593 e. The van der Waals surface area contributed by atoms with Gasteiger partial charge < -0.3 is 4.74 Å². The molecule has 1 fully saturated rings. The molecule has 0 bridgehead atoms. The second-order valence-corrected chi connectivity index (χ2v) is 4.65. The molecule has 0 aromatic rings. The topological polar surface area (TPSA) is 12.5 Å². The fourth-order valence-corrected chi connectivity index (χ4v) is 2.64. The van der Waals surface area contributed by atoms with Crippen molar-refractivity contribution in [2.45, 2.75) is 38.6 Å². The summed E-state index contributed by atoms with van der Waals surface area (Å²) in [5, 5.41) is 1.08. The minimum Gasteiger partial charge on any atom is -0.380 e. The number of hydrogen-bond acceptors (Lipinski definition) is 2. The van der Waals surface area contributed by atoms with Crippen molar-refractivity contribution in [3.8, 4) is 0 Å². The third-order valence-electron chi connectivity index (χ3n) is 2.94. The molecule has 1 rings (SSSR count). The van der Waals surface area contributed by atoms with Crippen LogP contribution in [-0.2, 0) is 4.74 Å². The minimum absolute atomic E-state index is 0.827. The van der Waals surface area contributed by atoms with Crippen LogP contribution in [0.5, 0.6) is 0 Å². The number of hydrogen-bond donors (Lipinski definition) is 0. The Kier molecular flexibility index (Phi) is 6.82. The Morgan fingerprint density at radius 2 is 2.00 bits per heavy atom. The average molecular weight is 264 g/mol. The number of ether oxygens (including phenoxy) is 1. The van der Waals surface area contributed by atoms with E-state index in [1.807, 2.05) is 0 Å². The maximum absolute atomic E-state index is 5.41. The molecule has 0 amide bonds. The van der Waals surface area contributed by atoms with Crippen molar-refractivity contribution < 1.29 is 4.74 Å². The summed E-state index contributed by atoms with van der Waals surface area (Å²) in [4.78, 5) is 2.58. The van der Waals surface area contributed by atoms with Crippen LogP contribution in [0.25, 0.3) is 0 Å². The van der Waals surface area contributed by atoms with Crippen molar-refractivity contribution in [1.82, 2.24) is 4.90 Å². The molecule has 0 N–H and O–H groups in total. The van der Waals surface area contributed by atoms with Crippen molar-refractivity contribution in [1.29, 1.82) is 0 Å². The zero-order valence-electron chi connectivity index (χ0n) is 9.17. The fraction of sp³-hybridized carbons (Fsp3) is 1.00. The second-order valence-electron chi connectivity index (χ2n) is 3.86. The minimum atomic E-state index is 0.827. The van der Waals surface area contributed by atoms with Crippen LogP contribution in [0, 0.1) is 0 Å². The molecule has 0 heterocycles. The third-order valence-corrected chi connectivity index (χ3v) is 3.29. The van der Waals surface area contributed by atoms with E-state index in [1.165, 1.54) is 25.7 Å². The Hall–Kier alpha value is 0.400. The van der Waals surface area contributed by atoms with Crippen LogP contribution in [0.15, 0.2) is 0 Å². The largest absolute Gasteiger partial charge is 0.380 e. The summed E-state index contributed by atoms with van der Waals surface area (Å²) in [6, 6.07) is 0.827. The van der Waals surface area contributed by atoms with Crippen LogP contribution in [0.2, 0.25) is 0 Å². The molecule has 84 valence electrons. The molecule has 1 saturated carbocycles. The molecule has 1 aliphatic rings. The van der Waals surface area contributed by atoms with E-state index in [9.17, 15) is 0 Å². The van der Waals surface area contributed by atoms with E-state index >= 15 is 0 Å². The van der Waals surface area contributed by atoms with Gasteiger partial charge in [-0.05, 0) is 19.8 Å². The van der Waals surface area contributed by atoms with E-state index in [1.54, 1.807) is 0 Å². The van der Waals surface area contributed by atoms with E-state index in [0.29, 0.717) is 0 Å². The van der Waals surface area contributed by atoms with Gasteiger partial charge in [-0.15, -0.1) is 0 Å². The van der Waals surface area contributed by atoms with Crippen LogP contribution < -0.4 is 0 Å². The summed E-state index contributed by atoms with van der Waals surface area (Å²) < 4.78 is 5.41. The van der Waals surface area contributed by atoms with E-state index in [2.05, 4.69) is 27.8 Å². The molecular formula is C11H22BrNO. The van der Waals surface area contributed by atoms with Crippen molar-refractivity contribution >= 4 is 15.9 Å². The van der Waals surface area contributed by atoms with E-state index in [-0.39, 0.29) is 0 Å². The first-order valence-electron chi connectivity index (χ1n) is 5.76. The SMILES string of the molecule is CCOCCN(CCBr)C1CCCC1. The van der Waals surface area contributed by atoms with Gasteiger partial charge in [0.2, 0.25) is 0 Å². The Balaban J connectivity index is 2.22. The zero-order valence-corrected chi connectivity index (χ0v) is 10.8. The Morgan fingerprint density at radius 3 is 2.57 bits per heavy atom. The Morgan fingerprint density at radius 1 is 1.29 bits per heavy atom. The van der Waals surface area contributed by atoms with Crippen molar-refractivity contribution in [3.05, 3.63) is 0 Å². The normalized spacial score (nSPS) is 18.2.